The molecule has 0 radical (unpaired) electrons. The van der Waals surface area contributed by atoms with Gasteiger partial charge in [-0.25, -0.2) is 0 Å². The standard InChI is InChI=1S/C26H52NO8P/c1-6-8-10-12-14-16-18-25(28)32-22-24(35-26(29)19-17-15-13-11-9-7-2)23-34-36(30,31)33-21-20-27(3,4)5/h24H,6-23H2,1-5H3/t24-/m1/s1. The first-order valence-corrected chi connectivity index (χ1v) is 15.2. The van der Waals surface area contributed by atoms with Gasteiger partial charge in [0.15, 0.2) is 6.10 Å². The lowest BCUT2D eigenvalue weighted by Crippen LogP contribution is -2.37. The van der Waals surface area contributed by atoms with Crippen molar-refractivity contribution < 1.29 is 42.1 Å². The lowest BCUT2D eigenvalue weighted by Gasteiger charge is -2.28. The van der Waals surface area contributed by atoms with Gasteiger partial charge < -0.3 is 27.9 Å². The number of phosphoric ester groups is 1. The summed E-state index contributed by atoms with van der Waals surface area (Å²) in [4.78, 5) is 36.5. The van der Waals surface area contributed by atoms with Crippen molar-refractivity contribution in [1.82, 2.24) is 0 Å². The van der Waals surface area contributed by atoms with Gasteiger partial charge in [0.2, 0.25) is 0 Å². The van der Waals surface area contributed by atoms with Crippen LogP contribution in [0, 0.1) is 0 Å². The third-order valence-electron chi connectivity index (χ3n) is 5.63. The Balaban J connectivity index is 4.60. The largest absolute Gasteiger partial charge is 0.756 e. The molecule has 0 spiro atoms. The first-order valence-electron chi connectivity index (χ1n) is 13.7. The molecule has 214 valence electrons. The fourth-order valence-electron chi connectivity index (χ4n) is 3.36. The number of nitrogens with zero attached hydrogens (tertiary/aromatic N) is 1. The zero-order chi connectivity index (χ0) is 27.3. The van der Waals surface area contributed by atoms with E-state index in [1.165, 1.54) is 19.3 Å². The Bertz CT molecular complexity index is 624. The molecule has 0 amide bonds. The van der Waals surface area contributed by atoms with Crippen molar-refractivity contribution >= 4 is 19.8 Å². The third kappa shape index (κ3) is 23.4. The highest BCUT2D eigenvalue weighted by Gasteiger charge is 2.21. The minimum Gasteiger partial charge on any atom is -0.756 e. The lowest BCUT2D eigenvalue weighted by molar-refractivity contribution is -0.870. The maximum absolute atomic E-state index is 12.3. The van der Waals surface area contributed by atoms with E-state index in [1.807, 2.05) is 21.1 Å². The first-order chi connectivity index (χ1) is 17.0. The van der Waals surface area contributed by atoms with Gasteiger partial charge in [0.05, 0.1) is 27.7 Å². The summed E-state index contributed by atoms with van der Waals surface area (Å²) >= 11 is 0. The fraction of sp³-hybridized carbons (Fsp3) is 0.923. The molecule has 0 aliphatic rings. The van der Waals surface area contributed by atoms with Crippen LogP contribution in [0.15, 0.2) is 0 Å². The highest BCUT2D eigenvalue weighted by Crippen LogP contribution is 2.38. The van der Waals surface area contributed by atoms with Crippen LogP contribution in [0.3, 0.4) is 0 Å². The number of unbranched alkanes of at least 4 members (excludes halogenated alkanes) is 10. The number of likely N-dealkylation sites (N-methyl/N-ethyl adjacent to an activating group) is 1. The van der Waals surface area contributed by atoms with E-state index in [1.54, 1.807) is 0 Å². The number of rotatable bonds is 24. The highest BCUT2D eigenvalue weighted by molar-refractivity contribution is 7.45. The monoisotopic (exact) mass is 537 g/mol. The average molecular weight is 538 g/mol. The van der Waals surface area contributed by atoms with Crippen molar-refractivity contribution in [3.8, 4) is 0 Å². The minimum atomic E-state index is -4.58. The van der Waals surface area contributed by atoms with Gasteiger partial charge in [-0.05, 0) is 12.8 Å². The molecule has 0 aliphatic carbocycles. The van der Waals surface area contributed by atoms with Crippen molar-refractivity contribution in [2.75, 3.05) is 47.5 Å². The molecule has 0 aliphatic heterocycles. The van der Waals surface area contributed by atoms with E-state index >= 15 is 0 Å². The number of ether oxygens (including phenoxy) is 2. The minimum absolute atomic E-state index is 0.0278. The molecule has 0 aromatic rings. The molecule has 1 unspecified atom stereocenters. The smallest absolute Gasteiger partial charge is 0.306 e. The number of carbonyl (C=O) groups is 2. The van der Waals surface area contributed by atoms with Gasteiger partial charge in [0.25, 0.3) is 7.82 Å². The second-order valence-electron chi connectivity index (χ2n) is 10.4. The van der Waals surface area contributed by atoms with Gasteiger partial charge in [-0.2, -0.15) is 0 Å². The zero-order valence-electron chi connectivity index (χ0n) is 23.5. The van der Waals surface area contributed by atoms with Gasteiger partial charge in [-0.1, -0.05) is 78.1 Å². The Morgan fingerprint density at radius 2 is 1.25 bits per heavy atom. The quantitative estimate of drug-likeness (QED) is 0.0719. The van der Waals surface area contributed by atoms with Gasteiger partial charge in [-0.3, -0.25) is 14.2 Å². The van der Waals surface area contributed by atoms with Gasteiger partial charge in [0.1, 0.15) is 19.8 Å². The topological polar surface area (TPSA) is 111 Å². The van der Waals surface area contributed by atoms with E-state index in [0.29, 0.717) is 17.4 Å². The van der Waals surface area contributed by atoms with E-state index < -0.39 is 32.5 Å². The Morgan fingerprint density at radius 1 is 0.750 bits per heavy atom. The first kappa shape index (κ1) is 35.0. The molecular weight excluding hydrogens is 485 g/mol. The van der Waals surface area contributed by atoms with E-state index in [0.717, 1.165) is 51.4 Å². The third-order valence-corrected chi connectivity index (χ3v) is 6.59. The normalized spacial score (nSPS) is 14.3. The Hall–Kier alpha value is -0.990. The van der Waals surface area contributed by atoms with Crippen molar-refractivity contribution in [3.05, 3.63) is 0 Å². The summed E-state index contributed by atoms with van der Waals surface area (Å²) in [5, 5.41) is 0. The summed E-state index contributed by atoms with van der Waals surface area (Å²) < 4.78 is 33.2. The molecule has 0 aromatic heterocycles. The molecule has 0 N–H and O–H groups in total. The number of hydrogen-bond acceptors (Lipinski definition) is 8. The molecule has 0 rings (SSSR count). The molecule has 9 nitrogen and oxygen atoms in total. The number of carbonyl (C=O) groups excluding carboxylic acids is 2. The molecule has 0 saturated heterocycles. The number of phosphoric acid groups is 1. The molecule has 0 heterocycles. The van der Waals surface area contributed by atoms with Crippen LogP contribution in [-0.4, -0.2) is 70.0 Å². The summed E-state index contributed by atoms with van der Waals surface area (Å²) in [6.07, 6.45) is 11.9. The van der Waals surface area contributed by atoms with Crippen molar-refractivity contribution in [2.45, 2.75) is 110 Å². The van der Waals surface area contributed by atoms with Gasteiger partial charge >= 0.3 is 11.9 Å². The Morgan fingerprint density at radius 3 is 1.78 bits per heavy atom. The molecule has 0 bridgehead atoms. The maximum Gasteiger partial charge on any atom is 0.306 e. The summed E-state index contributed by atoms with van der Waals surface area (Å²) in [5.41, 5.74) is 0. The molecule has 2 atom stereocenters. The summed E-state index contributed by atoms with van der Waals surface area (Å²) in [7, 11) is 1.16. The Labute approximate surface area is 219 Å². The van der Waals surface area contributed by atoms with Crippen LogP contribution >= 0.6 is 7.82 Å². The van der Waals surface area contributed by atoms with Crippen LogP contribution in [0.4, 0.5) is 0 Å². The summed E-state index contributed by atoms with van der Waals surface area (Å²) in [5.74, 6) is -0.857. The van der Waals surface area contributed by atoms with Crippen LogP contribution < -0.4 is 4.89 Å². The molecule has 0 aromatic carbocycles. The number of hydrogen-bond donors (Lipinski definition) is 0. The predicted octanol–water partition coefficient (Wildman–Crippen LogP) is 5.15. The fourth-order valence-corrected chi connectivity index (χ4v) is 4.09. The molecule has 10 heteroatoms. The molecule has 0 fully saturated rings. The second-order valence-corrected chi connectivity index (χ2v) is 11.8. The van der Waals surface area contributed by atoms with Crippen molar-refractivity contribution in [3.63, 3.8) is 0 Å². The van der Waals surface area contributed by atoms with E-state index in [9.17, 15) is 19.0 Å². The highest BCUT2D eigenvalue weighted by atomic mass is 31.2. The van der Waals surface area contributed by atoms with Gasteiger partial charge in [-0.15, -0.1) is 0 Å². The summed E-state index contributed by atoms with van der Waals surface area (Å²) in [6.45, 7) is 4.03. The van der Waals surface area contributed by atoms with Crippen molar-refractivity contribution in [2.24, 2.45) is 0 Å². The van der Waals surface area contributed by atoms with E-state index in [2.05, 4.69) is 13.8 Å². The predicted molar refractivity (Wildman–Crippen MR) is 139 cm³/mol. The molecular formula is C26H52NO8P. The number of quaternary nitrogens is 1. The second kappa shape index (κ2) is 21.0. The van der Waals surface area contributed by atoms with Crippen LogP contribution in [0.25, 0.3) is 0 Å². The van der Waals surface area contributed by atoms with E-state index in [-0.39, 0.29) is 26.1 Å². The molecule has 36 heavy (non-hydrogen) atoms. The zero-order valence-corrected chi connectivity index (χ0v) is 24.4. The molecule has 0 saturated carbocycles. The van der Waals surface area contributed by atoms with Crippen LogP contribution in [0.1, 0.15) is 104 Å². The van der Waals surface area contributed by atoms with E-state index in [4.69, 9.17) is 18.5 Å². The van der Waals surface area contributed by atoms with Gasteiger partial charge in [0, 0.05) is 12.8 Å². The Kier molecular flexibility index (Phi) is 20.4. The lowest BCUT2D eigenvalue weighted by atomic mass is 10.1. The van der Waals surface area contributed by atoms with Crippen LogP contribution in [0.5, 0.6) is 0 Å². The maximum atomic E-state index is 12.3. The SMILES string of the molecule is CCCCCCCCC(=O)OC[C@H](COP(=O)([O-])OCC[N+](C)(C)C)OC(=O)CCCCCCCC. The summed E-state index contributed by atoms with van der Waals surface area (Å²) in [6, 6.07) is 0. The van der Waals surface area contributed by atoms with Crippen LogP contribution in [-0.2, 0) is 32.7 Å². The number of esters is 2. The van der Waals surface area contributed by atoms with Crippen LogP contribution in [0.2, 0.25) is 0 Å². The van der Waals surface area contributed by atoms with Crippen molar-refractivity contribution in [1.29, 1.82) is 0 Å². The average Bonchev–Trinajstić information content (AvgIpc) is 2.79.